The summed E-state index contributed by atoms with van der Waals surface area (Å²) in [4.78, 5) is 21.5. The molecule has 0 unspecified atom stereocenters. The molecule has 1 amide bonds. The van der Waals surface area contributed by atoms with E-state index in [1.165, 1.54) is 14.0 Å². The number of carbonyl (C=O) groups excluding carboxylic acids is 2. The van der Waals surface area contributed by atoms with Gasteiger partial charge in [0.25, 0.3) is 5.24 Å². The van der Waals surface area contributed by atoms with E-state index < -0.39 is 35.4 Å². The van der Waals surface area contributed by atoms with Gasteiger partial charge in [-0.3, -0.25) is 4.79 Å². The fourth-order valence-electron chi connectivity index (χ4n) is 1.88. The van der Waals surface area contributed by atoms with E-state index in [0.29, 0.717) is 11.3 Å². The van der Waals surface area contributed by atoms with Crippen LogP contribution in [0.2, 0.25) is 5.02 Å². The first-order valence-electron chi connectivity index (χ1n) is 7.16. The summed E-state index contributed by atoms with van der Waals surface area (Å²) >= 11 is 5.75. The Kier molecular flexibility index (Phi) is 8.40. The molecule has 0 aliphatic rings. The molecular weight excluding hydrogens is 464 g/mol. The van der Waals surface area contributed by atoms with Crippen LogP contribution in [0.5, 0.6) is 11.5 Å². The molecule has 0 heterocycles. The molecule has 0 fully saturated rings. The number of para-hydroxylation sites is 1. The molecule has 0 bridgehead atoms. The standard InChI is InChI=1S/C8H9AsClNO5.C8H7ClO2/c1-4(12)11-7-3-8(13)5(2-6(7)10)9(14,15)16;1-11-7-5-3-2-4-6(7)8(9)10/h2-3,13H,1H3,(H,11,12)(H2,14,15,16);2-5H,1H3. The van der Waals surface area contributed by atoms with Gasteiger partial charge in [0.1, 0.15) is 5.75 Å². The minimum atomic E-state index is -5.21. The summed E-state index contributed by atoms with van der Waals surface area (Å²) in [7, 11) is 1.50. The van der Waals surface area contributed by atoms with Gasteiger partial charge in [0.2, 0.25) is 0 Å². The molecule has 2 aromatic carbocycles. The number of aromatic hydroxyl groups is 1. The van der Waals surface area contributed by atoms with Crippen LogP contribution in [0.1, 0.15) is 17.3 Å². The zero-order valence-corrected chi connectivity index (χ0v) is 17.5. The molecule has 0 radical (unpaired) electrons. The topological polar surface area (TPSA) is 133 Å². The molecule has 27 heavy (non-hydrogen) atoms. The van der Waals surface area contributed by atoms with Gasteiger partial charge in [-0.1, -0.05) is 12.1 Å². The van der Waals surface area contributed by atoms with E-state index in [0.717, 1.165) is 12.1 Å². The van der Waals surface area contributed by atoms with Gasteiger partial charge in [-0.2, -0.15) is 0 Å². The van der Waals surface area contributed by atoms with Gasteiger partial charge in [0.05, 0.1) is 12.7 Å². The van der Waals surface area contributed by atoms with Gasteiger partial charge in [-0.25, -0.2) is 0 Å². The van der Waals surface area contributed by atoms with Crippen molar-refractivity contribution in [2.45, 2.75) is 6.92 Å². The predicted octanol–water partition coefficient (Wildman–Crippen LogP) is 1.64. The number of hydrogen-bond acceptors (Lipinski definition) is 5. The third-order valence-electron chi connectivity index (χ3n) is 3.01. The van der Waals surface area contributed by atoms with Crippen molar-refractivity contribution in [3.05, 3.63) is 47.0 Å². The van der Waals surface area contributed by atoms with Crippen molar-refractivity contribution in [1.29, 1.82) is 0 Å². The molecule has 11 heteroatoms. The number of amides is 1. The van der Waals surface area contributed by atoms with Crippen LogP contribution >= 0.6 is 23.2 Å². The number of phenols is 1. The number of carbonyl (C=O) groups is 2. The van der Waals surface area contributed by atoms with Crippen molar-refractivity contribution in [2.75, 3.05) is 12.4 Å². The van der Waals surface area contributed by atoms with Crippen molar-refractivity contribution in [3.8, 4) is 11.5 Å². The summed E-state index contributed by atoms with van der Waals surface area (Å²) in [6.07, 6.45) is 0. The second-order valence-electron chi connectivity index (χ2n) is 5.02. The molecule has 8 nitrogen and oxygen atoms in total. The fraction of sp³-hybridized carbons (Fsp3) is 0.125. The molecule has 0 saturated carbocycles. The van der Waals surface area contributed by atoms with Gasteiger partial charge in [0.15, 0.2) is 0 Å². The first kappa shape index (κ1) is 23.1. The molecule has 0 aliphatic carbocycles. The summed E-state index contributed by atoms with van der Waals surface area (Å²) in [6.45, 7) is 1.24. The molecule has 4 N–H and O–H groups in total. The van der Waals surface area contributed by atoms with Crippen LogP contribution in [-0.2, 0) is 8.53 Å². The Bertz CT molecular complexity index is 898. The van der Waals surface area contributed by atoms with Gasteiger partial charge < -0.3 is 4.74 Å². The smallest absolute Gasteiger partial charge is 0.256 e. The van der Waals surface area contributed by atoms with Crippen molar-refractivity contribution in [3.63, 3.8) is 0 Å². The summed E-state index contributed by atoms with van der Waals surface area (Å²) < 4.78 is 33.2. The summed E-state index contributed by atoms with van der Waals surface area (Å²) in [6, 6.07) is 8.77. The van der Waals surface area contributed by atoms with Gasteiger partial charge in [-0.15, -0.1) is 0 Å². The maximum absolute atomic E-state index is 11.0. The van der Waals surface area contributed by atoms with Gasteiger partial charge in [0, 0.05) is 0 Å². The minimum Gasteiger partial charge on any atom is -0.496 e. The van der Waals surface area contributed by atoms with Crippen molar-refractivity contribution in [1.82, 2.24) is 0 Å². The number of phenolic OH excluding ortho intramolecular Hbond substituents is 1. The Morgan fingerprint density at radius 2 is 1.78 bits per heavy atom. The molecular formula is C16H16AsCl2NO7. The summed E-state index contributed by atoms with van der Waals surface area (Å²) in [5.41, 5.74) is 0.496. The first-order valence-corrected chi connectivity index (χ1v) is 11.3. The largest absolute Gasteiger partial charge is 0.496 e. The van der Waals surface area contributed by atoms with Crippen LogP contribution < -0.4 is 14.4 Å². The van der Waals surface area contributed by atoms with Gasteiger partial charge >= 0.3 is 98.7 Å². The predicted molar refractivity (Wildman–Crippen MR) is 101 cm³/mol. The summed E-state index contributed by atoms with van der Waals surface area (Å²) in [5, 5.41) is 11.1. The average Bonchev–Trinajstić information content (AvgIpc) is 2.56. The van der Waals surface area contributed by atoms with Crippen LogP contribution in [0.4, 0.5) is 5.69 Å². The Morgan fingerprint density at radius 3 is 2.22 bits per heavy atom. The maximum atomic E-state index is 11.0. The number of hydrogen-bond donors (Lipinski definition) is 4. The van der Waals surface area contributed by atoms with Crippen molar-refractivity contribution in [2.24, 2.45) is 0 Å². The third kappa shape index (κ3) is 6.93. The van der Waals surface area contributed by atoms with Crippen LogP contribution in [0.25, 0.3) is 0 Å². The molecule has 0 saturated heterocycles. The van der Waals surface area contributed by atoms with Crippen LogP contribution in [0.3, 0.4) is 0 Å². The van der Waals surface area contributed by atoms with E-state index in [1.807, 2.05) is 0 Å². The second-order valence-corrected chi connectivity index (χ2v) is 9.06. The minimum absolute atomic E-state index is 0.0484. The zero-order valence-electron chi connectivity index (χ0n) is 14.1. The van der Waals surface area contributed by atoms with E-state index in [1.54, 1.807) is 24.3 Å². The quantitative estimate of drug-likeness (QED) is 0.387. The van der Waals surface area contributed by atoms with E-state index in [9.17, 15) is 18.4 Å². The second kappa shape index (κ2) is 9.82. The molecule has 0 aliphatic heterocycles. The van der Waals surface area contributed by atoms with Crippen LogP contribution in [0.15, 0.2) is 36.4 Å². The molecule has 2 aromatic rings. The molecule has 0 spiro atoms. The number of rotatable bonds is 4. The molecule has 0 atom stereocenters. The van der Waals surface area contributed by atoms with Gasteiger partial charge in [-0.05, 0) is 23.7 Å². The van der Waals surface area contributed by atoms with Crippen LogP contribution in [0, 0.1) is 0 Å². The SMILES string of the molecule is CC(=O)Nc1cc(O)c([As](=O)(O)O)cc1Cl.COc1ccccc1C(=O)Cl. The maximum Gasteiger partial charge on any atom is 0.256 e. The Hall–Kier alpha value is -1.96. The number of benzene rings is 2. The van der Waals surface area contributed by atoms with Crippen molar-refractivity contribution >= 4 is 58.6 Å². The number of anilines is 1. The van der Waals surface area contributed by atoms with Crippen LogP contribution in [-0.4, -0.2) is 45.7 Å². The first-order chi connectivity index (χ1) is 12.5. The normalized spacial score (nSPS) is 10.4. The number of halogens is 2. The fourth-order valence-corrected chi connectivity index (χ4v) is 3.80. The monoisotopic (exact) mass is 479 g/mol. The number of nitrogens with one attached hydrogen (secondary N) is 1. The number of methoxy groups -OCH3 is 1. The van der Waals surface area contributed by atoms with Crippen molar-refractivity contribution < 1.29 is 31.4 Å². The Balaban J connectivity index is 0.000000289. The average molecular weight is 480 g/mol. The molecule has 0 aromatic heterocycles. The summed E-state index contributed by atoms with van der Waals surface area (Å²) in [5.74, 6) is -0.497. The Morgan fingerprint density at radius 1 is 1.19 bits per heavy atom. The molecule has 146 valence electrons. The Labute approximate surface area is 167 Å². The zero-order chi connectivity index (χ0) is 20.8. The van der Waals surface area contributed by atoms with E-state index in [2.05, 4.69) is 5.32 Å². The molecule has 2 rings (SSSR count). The van der Waals surface area contributed by atoms with E-state index in [4.69, 9.17) is 36.1 Å². The van der Waals surface area contributed by atoms with E-state index in [-0.39, 0.29) is 10.7 Å². The number of ether oxygens (including phenoxy) is 1. The third-order valence-corrected chi connectivity index (χ3v) is 5.59. The van der Waals surface area contributed by atoms with E-state index >= 15 is 0 Å².